The van der Waals surface area contributed by atoms with Crippen LogP contribution in [0.25, 0.3) is 10.8 Å². The van der Waals surface area contributed by atoms with Gasteiger partial charge in [-0.1, -0.05) is 42.5 Å². The van der Waals surface area contributed by atoms with Crippen molar-refractivity contribution in [1.29, 1.82) is 0 Å². The average Bonchev–Trinajstić information content (AvgIpc) is 2.50. The van der Waals surface area contributed by atoms with Crippen molar-refractivity contribution >= 4 is 33.0 Å². The topological polar surface area (TPSA) is 26.3 Å². The molecule has 0 amide bonds. The summed E-state index contributed by atoms with van der Waals surface area (Å²) in [6.07, 6.45) is 0.808. The Kier molecular flexibility index (Phi) is 3.52. The van der Waals surface area contributed by atoms with Gasteiger partial charge < -0.3 is 4.74 Å². The Morgan fingerprint density at radius 2 is 1.80 bits per heavy atom. The molecule has 98 valence electrons. The van der Waals surface area contributed by atoms with Gasteiger partial charge in [0.05, 0.1) is 4.47 Å². The molecule has 3 rings (SSSR count). The van der Waals surface area contributed by atoms with Crippen molar-refractivity contribution in [3.8, 4) is 11.5 Å². The third-order valence-corrected chi connectivity index (χ3v) is 3.87. The van der Waals surface area contributed by atoms with Crippen LogP contribution in [0, 0.1) is 0 Å². The summed E-state index contributed by atoms with van der Waals surface area (Å²) in [7, 11) is 0. The molecule has 0 saturated carbocycles. The Labute approximate surface area is 125 Å². The number of aldehydes is 1. The van der Waals surface area contributed by atoms with Gasteiger partial charge in [-0.2, -0.15) is 0 Å². The van der Waals surface area contributed by atoms with E-state index in [-0.39, 0.29) is 0 Å². The standard InChI is InChI=1S/C17H11BrO2/c18-17-15-7-2-1-5-13(15)8-9-16(17)20-14-6-3-4-12(10-14)11-19/h1-11H. The monoisotopic (exact) mass is 326 g/mol. The summed E-state index contributed by atoms with van der Waals surface area (Å²) in [5.41, 5.74) is 0.597. The molecular formula is C17H11BrO2. The van der Waals surface area contributed by atoms with E-state index in [1.54, 1.807) is 18.2 Å². The van der Waals surface area contributed by atoms with Crippen molar-refractivity contribution in [3.05, 3.63) is 70.7 Å². The number of carbonyl (C=O) groups excluding carboxylic acids is 1. The second-order valence-corrected chi connectivity index (χ2v) is 5.18. The van der Waals surface area contributed by atoms with E-state index in [0.29, 0.717) is 11.3 Å². The number of hydrogen-bond donors (Lipinski definition) is 0. The highest BCUT2D eigenvalue weighted by Crippen LogP contribution is 2.35. The number of benzene rings is 3. The van der Waals surface area contributed by atoms with E-state index < -0.39 is 0 Å². The van der Waals surface area contributed by atoms with Crippen molar-refractivity contribution in [1.82, 2.24) is 0 Å². The first-order valence-electron chi connectivity index (χ1n) is 6.18. The van der Waals surface area contributed by atoms with Crippen molar-refractivity contribution in [2.24, 2.45) is 0 Å². The van der Waals surface area contributed by atoms with Crippen molar-refractivity contribution in [2.45, 2.75) is 0 Å². The summed E-state index contributed by atoms with van der Waals surface area (Å²) in [6.45, 7) is 0. The van der Waals surface area contributed by atoms with E-state index in [2.05, 4.69) is 22.0 Å². The number of ether oxygens (including phenoxy) is 1. The first-order valence-corrected chi connectivity index (χ1v) is 6.97. The van der Waals surface area contributed by atoms with Gasteiger partial charge in [0.15, 0.2) is 0 Å². The van der Waals surface area contributed by atoms with Gasteiger partial charge in [-0.25, -0.2) is 0 Å². The quantitative estimate of drug-likeness (QED) is 0.618. The van der Waals surface area contributed by atoms with Crippen LogP contribution in [-0.2, 0) is 0 Å². The normalized spacial score (nSPS) is 10.4. The van der Waals surface area contributed by atoms with E-state index >= 15 is 0 Å². The molecule has 0 fully saturated rings. The molecule has 0 N–H and O–H groups in total. The van der Waals surface area contributed by atoms with Crippen LogP contribution >= 0.6 is 15.9 Å². The molecule has 0 aliphatic rings. The summed E-state index contributed by atoms with van der Waals surface area (Å²) in [5, 5.41) is 2.24. The van der Waals surface area contributed by atoms with Crippen LogP contribution in [0.1, 0.15) is 10.4 Å². The minimum Gasteiger partial charge on any atom is -0.456 e. The molecule has 0 spiro atoms. The zero-order chi connectivity index (χ0) is 13.9. The molecule has 0 aliphatic carbocycles. The van der Waals surface area contributed by atoms with Crippen LogP contribution in [0.15, 0.2) is 65.1 Å². The molecule has 3 heteroatoms. The molecule has 3 aromatic rings. The number of rotatable bonds is 3. The van der Waals surface area contributed by atoms with E-state index in [0.717, 1.165) is 27.3 Å². The lowest BCUT2D eigenvalue weighted by molar-refractivity contribution is 0.112. The van der Waals surface area contributed by atoms with Gasteiger partial charge in [-0.15, -0.1) is 0 Å². The zero-order valence-corrected chi connectivity index (χ0v) is 12.1. The van der Waals surface area contributed by atoms with Crippen molar-refractivity contribution < 1.29 is 9.53 Å². The first kappa shape index (κ1) is 12.9. The molecular weight excluding hydrogens is 316 g/mol. The lowest BCUT2D eigenvalue weighted by Crippen LogP contribution is -1.88. The fourth-order valence-electron chi connectivity index (χ4n) is 2.07. The predicted octanol–water partition coefficient (Wildman–Crippen LogP) is 5.21. The van der Waals surface area contributed by atoms with Crippen LogP contribution in [0.3, 0.4) is 0 Å². The van der Waals surface area contributed by atoms with Gasteiger partial charge in [0.25, 0.3) is 0 Å². The van der Waals surface area contributed by atoms with Gasteiger partial charge >= 0.3 is 0 Å². The van der Waals surface area contributed by atoms with E-state index in [9.17, 15) is 4.79 Å². The maximum Gasteiger partial charge on any atom is 0.150 e. The van der Waals surface area contributed by atoms with Gasteiger partial charge in [0.2, 0.25) is 0 Å². The Hall–Kier alpha value is -2.13. The molecule has 0 unspecified atom stereocenters. The molecule has 0 atom stereocenters. The lowest BCUT2D eigenvalue weighted by Gasteiger charge is -2.10. The predicted molar refractivity (Wildman–Crippen MR) is 83.6 cm³/mol. The smallest absolute Gasteiger partial charge is 0.150 e. The maximum absolute atomic E-state index is 10.8. The molecule has 0 saturated heterocycles. The average molecular weight is 327 g/mol. The number of halogens is 1. The highest BCUT2D eigenvalue weighted by Gasteiger charge is 2.07. The van der Waals surface area contributed by atoms with Crippen LogP contribution in [0.2, 0.25) is 0 Å². The fourth-order valence-corrected chi connectivity index (χ4v) is 2.64. The Morgan fingerprint density at radius 3 is 2.65 bits per heavy atom. The molecule has 0 heterocycles. The van der Waals surface area contributed by atoms with E-state index in [1.165, 1.54) is 0 Å². The SMILES string of the molecule is O=Cc1cccc(Oc2ccc3ccccc3c2Br)c1. The zero-order valence-electron chi connectivity index (χ0n) is 10.5. The van der Waals surface area contributed by atoms with E-state index in [4.69, 9.17) is 4.74 Å². The van der Waals surface area contributed by atoms with Crippen LogP contribution < -0.4 is 4.74 Å². The second-order valence-electron chi connectivity index (χ2n) is 4.39. The molecule has 20 heavy (non-hydrogen) atoms. The lowest BCUT2D eigenvalue weighted by atomic mass is 10.1. The summed E-state index contributed by atoms with van der Waals surface area (Å²) in [6, 6.07) is 19.1. The third-order valence-electron chi connectivity index (χ3n) is 3.05. The molecule has 3 aromatic carbocycles. The van der Waals surface area contributed by atoms with Crippen molar-refractivity contribution in [3.63, 3.8) is 0 Å². The minimum atomic E-state index is 0.597. The Balaban J connectivity index is 2.02. The molecule has 0 radical (unpaired) electrons. The second kappa shape index (κ2) is 5.47. The highest BCUT2D eigenvalue weighted by molar-refractivity contribution is 9.10. The molecule has 0 aliphatic heterocycles. The van der Waals surface area contributed by atoms with Gasteiger partial charge in [0, 0.05) is 5.56 Å². The van der Waals surface area contributed by atoms with Crippen LogP contribution in [0.4, 0.5) is 0 Å². The molecule has 2 nitrogen and oxygen atoms in total. The summed E-state index contributed by atoms with van der Waals surface area (Å²) >= 11 is 3.58. The minimum absolute atomic E-state index is 0.597. The van der Waals surface area contributed by atoms with E-state index in [1.807, 2.05) is 36.4 Å². The third kappa shape index (κ3) is 2.45. The molecule has 0 aromatic heterocycles. The fraction of sp³-hybridized carbons (Fsp3) is 0. The van der Waals surface area contributed by atoms with Gasteiger partial charge in [0.1, 0.15) is 17.8 Å². The summed E-state index contributed by atoms with van der Waals surface area (Å²) in [5.74, 6) is 1.37. The first-order chi connectivity index (χ1) is 9.78. The van der Waals surface area contributed by atoms with Crippen LogP contribution in [0.5, 0.6) is 11.5 Å². The Bertz CT molecular complexity index is 781. The number of carbonyl (C=O) groups is 1. The summed E-state index contributed by atoms with van der Waals surface area (Å²) in [4.78, 5) is 10.8. The largest absolute Gasteiger partial charge is 0.456 e. The number of fused-ring (bicyclic) bond motifs is 1. The van der Waals surface area contributed by atoms with Gasteiger partial charge in [-0.3, -0.25) is 4.79 Å². The number of hydrogen-bond acceptors (Lipinski definition) is 2. The Morgan fingerprint density at radius 1 is 0.950 bits per heavy atom. The maximum atomic E-state index is 10.8. The molecule has 0 bridgehead atoms. The van der Waals surface area contributed by atoms with Crippen LogP contribution in [-0.4, -0.2) is 6.29 Å². The van der Waals surface area contributed by atoms with Gasteiger partial charge in [-0.05, 0) is 44.9 Å². The highest BCUT2D eigenvalue weighted by atomic mass is 79.9. The summed E-state index contributed by atoms with van der Waals surface area (Å²) < 4.78 is 6.76. The van der Waals surface area contributed by atoms with Crippen molar-refractivity contribution in [2.75, 3.05) is 0 Å².